The Kier molecular flexibility index (Phi) is 6.42. The molecule has 0 atom stereocenters. The number of carbonyl (C=O) groups is 1. The molecule has 1 aromatic carbocycles. The molecule has 0 aliphatic carbocycles. The van der Waals surface area contributed by atoms with E-state index in [4.69, 9.17) is 17.0 Å². The van der Waals surface area contributed by atoms with Gasteiger partial charge in [0.2, 0.25) is 11.9 Å². The summed E-state index contributed by atoms with van der Waals surface area (Å²) in [6.45, 7) is 2.83. The van der Waals surface area contributed by atoms with Crippen LogP contribution < -0.4 is 15.8 Å². The van der Waals surface area contributed by atoms with Gasteiger partial charge in [0, 0.05) is 38.9 Å². The number of H-pyrrole nitrogens is 2. The molecule has 164 valence electrons. The lowest BCUT2D eigenvalue weighted by Gasteiger charge is -2.24. The molecule has 1 saturated heterocycles. The summed E-state index contributed by atoms with van der Waals surface area (Å²) < 4.78 is 6.86. The number of nitrogens with one attached hydrogen (secondary N) is 3. The lowest BCUT2D eigenvalue weighted by atomic mass is 10.1. The zero-order valence-corrected chi connectivity index (χ0v) is 18.1. The van der Waals surface area contributed by atoms with Crippen molar-refractivity contribution in [2.24, 2.45) is 0 Å². The second-order valence-electron chi connectivity index (χ2n) is 7.48. The molecule has 0 bridgehead atoms. The van der Waals surface area contributed by atoms with Gasteiger partial charge < -0.3 is 14.6 Å². The van der Waals surface area contributed by atoms with Gasteiger partial charge in [0.05, 0.1) is 10.9 Å². The van der Waals surface area contributed by atoms with Crippen molar-refractivity contribution in [3.63, 3.8) is 0 Å². The van der Waals surface area contributed by atoms with Gasteiger partial charge in [0.1, 0.15) is 0 Å². The third-order valence-electron chi connectivity index (χ3n) is 5.32. The van der Waals surface area contributed by atoms with E-state index in [0.717, 1.165) is 25.9 Å². The highest BCUT2D eigenvalue weighted by Crippen LogP contribution is 2.17. The summed E-state index contributed by atoms with van der Waals surface area (Å²) in [7, 11) is 1.61. The quantitative estimate of drug-likeness (QED) is 0.379. The minimum Gasteiger partial charge on any atom is -0.385 e. The van der Waals surface area contributed by atoms with E-state index in [0.29, 0.717) is 46.8 Å². The average molecular weight is 444 g/mol. The normalized spacial score (nSPS) is 14.2. The first-order chi connectivity index (χ1) is 15.1. The molecule has 4 rings (SSSR count). The molecule has 3 N–H and O–H groups in total. The minimum atomic E-state index is -0.355. The van der Waals surface area contributed by atoms with E-state index >= 15 is 0 Å². The van der Waals surface area contributed by atoms with Crippen LogP contribution in [0.2, 0.25) is 0 Å². The number of nitrogens with zero attached hydrogens (tertiary/aromatic N) is 4. The fourth-order valence-electron chi connectivity index (χ4n) is 3.69. The van der Waals surface area contributed by atoms with Gasteiger partial charge in [-0.05, 0) is 56.1 Å². The summed E-state index contributed by atoms with van der Waals surface area (Å²) >= 11 is 5.33. The van der Waals surface area contributed by atoms with Crippen molar-refractivity contribution in [2.45, 2.75) is 32.2 Å². The predicted octanol–water partition coefficient (Wildman–Crippen LogP) is 2.46. The molecule has 0 unspecified atom stereocenters. The first-order valence-corrected chi connectivity index (χ1v) is 10.7. The minimum absolute atomic E-state index is 0.191. The first-order valence-electron chi connectivity index (χ1n) is 10.3. The molecule has 11 heteroatoms. The molecule has 0 spiro atoms. The number of hydrogen-bond donors (Lipinski definition) is 3. The van der Waals surface area contributed by atoms with Crippen LogP contribution >= 0.6 is 12.2 Å². The Labute approximate surface area is 183 Å². The van der Waals surface area contributed by atoms with Crippen LogP contribution in [0.4, 0.5) is 11.9 Å². The zero-order valence-electron chi connectivity index (χ0n) is 17.3. The van der Waals surface area contributed by atoms with Crippen molar-refractivity contribution >= 4 is 40.9 Å². The van der Waals surface area contributed by atoms with Crippen molar-refractivity contribution in [1.29, 1.82) is 0 Å². The number of piperidine rings is 1. The number of hydrogen-bond acceptors (Lipinski definition) is 7. The summed E-state index contributed by atoms with van der Waals surface area (Å²) in [5, 5.41) is 10.2. The van der Waals surface area contributed by atoms with Crippen LogP contribution in [-0.4, -0.2) is 57.4 Å². The van der Waals surface area contributed by atoms with Crippen LogP contribution in [-0.2, 0) is 11.3 Å². The maximum absolute atomic E-state index is 12.8. The lowest BCUT2D eigenvalue weighted by Crippen LogP contribution is -2.30. The molecule has 2 aromatic heterocycles. The molecule has 0 saturated carbocycles. The summed E-state index contributed by atoms with van der Waals surface area (Å²) in [4.78, 5) is 35.0. The standard InChI is InChI=1S/C20H25N7O3S/c1-30-11-5-10-27-17(29)14-7-6-13(12-15(14)21-20(27)31)16(28)22-18-23-19(25-24-18)26-8-3-2-4-9-26/h6-7,12H,2-5,8-11H2,1H3,(H,21,31)(H2,22,23,24,25,28). The number of rotatable bonds is 7. The highest BCUT2D eigenvalue weighted by Gasteiger charge is 2.17. The Balaban J connectivity index is 1.52. The monoisotopic (exact) mass is 443 g/mol. The summed E-state index contributed by atoms with van der Waals surface area (Å²) in [5.74, 6) is 0.519. The molecular formula is C20H25N7O3S. The van der Waals surface area contributed by atoms with E-state index < -0.39 is 0 Å². The molecule has 3 heterocycles. The van der Waals surface area contributed by atoms with Gasteiger partial charge in [-0.15, -0.1) is 5.10 Å². The summed E-state index contributed by atoms with van der Waals surface area (Å²) in [5.41, 5.74) is 0.700. The number of ether oxygens (including phenoxy) is 1. The Bertz CT molecular complexity index is 1190. The molecule has 0 radical (unpaired) electrons. The molecule has 1 aliphatic rings. The van der Waals surface area contributed by atoms with Crippen molar-refractivity contribution in [1.82, 2.24) is 24.7 Å². The maximum atomic E-state index is 12.8. The van der Waals surface area contributed by atoms with E-state index in [-0.39, 0.29) is 17.4 Å². The average Bonchev–Trinajstić information content (AvgIpc) is 3.24. The van der Waals surface area contributed by atoms with Crippen LogP contribution in [0.25, 0.3) is 10.9 Å². The first kappa shape index (κ1) is 21.2. The smallest absolute Gasteiger partial charge is 0.262 e. The fourth-order valence-corrected chi connectivity index (χ4v) is 3.97. The van der Waals surface area contributed by atoms with Gasteiger partial charge in [-0.25, -0.2) is 5.10 Å². The molecule has 1 fully saturated rings. The van der Waals surface area contributed by atoms with Crippen molar-refractivity contribution in [3.8, 4) is 0 Å². The predicted molar refractivity (Wildman–Crippen MR) is 120 cm³/mol. The Hall–Kier alpha value is -3.05. The van der Waals surface area contributed by atoms with Gasteiger partial charge in [-0.2, -0.15) is 4.98 Å². The largest absolute Gasteiger partial charge is 0.385 e. The lowest BCUT2D eigenvalue weighted by molar-refractivity contribution is 0.102. The van der Waals surface area contributed by atoms with E-state index in [2.05, 4.69) is 30.4 Å². The van der Waals surface area contributed by atoms with Crippen molar-refractivity contribution in [3.05, 3.63) is 38.9 Å². The molecule has 10 nitrogen and oxygen atoms in total. The van der Waals surface area contributed by atoms with Crippen LogP contribution in [0, 0.1) is 4.77 Å². The second-order valence-corrected chi connectivity index (χ2v) is 7.87. The second kappa shape index (κ2) is 9.40. The van der Waals surface area contributed by atoms with Gasteiger partial charge in [0.25, 0.3) is 11.5 Å². The molecule has 1 aliphatic heterocycles. The molecular weight excluding hydrogens is 418 g/mol. The maximum Gasteiger partial charge on any atom is 0.262 e. The number of benzene rings is 1. The molecule has 3 aromatic rings. The third-order valence-corrected chi connectivity index (χ3v) is 5.64. The number of aromatic nitrogens is 5. The van der Waals surface area contributed by atoms with Crippen LogP contribution in [0.3, 0.4) is 0 Å². The Morgan fingerprint density at radius 1 is 1.29 bits per heavy atom. The van der Waals surface area contributed by atoms with Gasteiger partial charge in [-0.3, -0.25) is 19.5 Å². The highest BCUT2D eigenvalue weighted by molar-refractivity contribution is 7.71. The number of methoxy groups -OCH3 is 1. The Morgan fingerprint density at radius 3 is 2.87 bits per heavy atom. The van der Waals surface area contributed by atoms with E-state index in [1.54, 1.807) is 25.3 Å². The highest BCUT2D eigenvalue weighted by atomic mass is 32.1. The summed E-state index contributed by atoms with van der Waals surface area (Å²) in [6.07, 6.45) is 4.12. The number of carbonyl (C=O) groups excluding carboxylic acids is 1. The number of anilines is 2. The van der Waals surface area contributed by atoms with E-state index in [1.807, 2.05) is 0 Å². The van der Waals surface area contributed by atoms with Gasteiger partial charge in [-0.1, -0.05) is 0 Å². The third kappa shape index (κ3) is 4.67. The van der Waals surface area contributed by atoms with Crippen molar-refractivity contribution in [2.75, 3.05) is 37.0 Å². The van der Waals surface area contributed by atoms with Crippen LogP contribution in [0.1, 0.15) is 36.0 Å². The van der Waals surface area contributed by atoms with E-state index in [1.165, 1.54) is 11.0 Å². The van der Waals surface area contributed by atoms with Crippen LogP contribution in [0.15, 0.2) is 23.0 Å². The van der Waals surface area contributed by atoms with E-state index in [9.17, 15) is 9.59 Å². The number of amides is 1. The summed E-state index contributed by atoms with van der Waals surface area (Å²) in [6, 6.07) is 4.85. The Morgan fingerprint density at radius 2 is 2.10 bits per heavy atom. The number of fused-ring (bicyclic) bond motifs is 1. The van der Waals surface area contributed by atoms with Crippen LogP contribution in [0.5, 0.6) is 0 Å². The molecule has 31 heavy (non-hydrogen) atoms. The fraction of sp³-hybridized carbons (Fsp3) is 0.450. The SMILES string of the molecule is COCCCn1c(=S)[nH]c2cc(C(=O)Nc3nc(N4CCCCC4)n[nH]3)ccc2c1=O. The van der Waals surface area contributed by atoms with Gasteiger partial charge in [0.15, 0.2) is 4.77 Å². The zero-order chi connectivity index (χ0) is 21.8. The number of aromatic amines is 2. The topological polar surface area (TPSA) is 121 Å². The van der Waals surface area contributed by atoms with Gasteiger partial charge >= 0.3 is 0 Å². The van der Waals surface area contributed by atoms with Crippen molar-refractivity contribution < 1.29 is 9.53 Å². The molecule has 1 amide bonds.